The molecule has 1 aliphatic carbocycles. The lowest BCUT2D eigenvalue weighted by Gasteiger charge is -2.20. The number of aromatic nitrogens is 2. The minimum Gasteiger partial charge on any atom is -0.300 e. The highest BCUT2D eigenvalue weighted by atomic mass is 79.9. The molecule has 0 aromatic carbocycles. The van der Waals surface area contributed by atoms with Crippen LogP contribution in [0.25, 0.3) is 5.65 Å². The summed E-state index contributed by atoms with van der Waals surface area (Å²) in [6, 6.07) is 4.21. The molecule has 0 N–H and O–H groups in total. The molecule has 0 radical (unpaired) electrons. The van der Waals surface area contributed by atoms with E-state index in [1.54, 1.807) is 0 Å². The molecule has 17 heavy (non-hydrogen) atoms. The maximum Gasteiger partial charge on any atom is 0.137 e. The van der Waals surface area contributed by atoms with Crippen molar-refractivity contribution in [3.63, 3.8) is 0 Å². The van der Waals surface area contributed by atoms with Crippen LogP contribution in [0.3, 0.4) is 0 Å². The number of nitrogens with zero attached hydrogens (tertiary/aromatic N) is 2. The van der Waals surface area contributed by atoms with Crippen LogP contribution in [0.4, 0.5) is 0 Å². The molecule has 0 saturated heterocycles. The van der Waals surface area contributed by atoms with E-state index in [4.69, 9.17) is 4.98 Å². The summed E-state index contributed by atoms with van der Waals surface area (Å²) in [4.78, 5) is 4.85. The van der Waals surface area contributed by atoms with Gasteiger partial charge in [0.1, 0.15) is 5.65 Å². The molecule has 0 bridgehead atoms. The molecule has 2 aromatic rings. The second-order valence-electron chi connectivity index (χ2n) is 4.90. The average Bonchev–Trinajstić information content (AvgIpc) is 2.72. The Balaban J connectivity index is 2.31. The van der Waals surface area contributed by atoms with Crippen LogP contribution < -0.4 is 0 Å². The summed E-state index contributed by atoms with van der Waals surface area (Å²) < 4.78 is 3.50. The van der Waals surface area contributed by atoms with Crippen molar-refractivity contribution < 1.29 is 0 Å². The van der Waals surface area contributed by atoms with E-state index in [2.05, 4.69) is 46.3 Å². The number of hydrogen-bond donors (Lipinski definition) is 0. The molecular formula is C14H17BrN2. The first-order valence-electron chi connectivity index (χ1n) is 6.38. The van der Waals surface area contributed by atoms with Gasteiger partial charge in [0.2, 0.25) is 0 Å². The van der Waals surface area contributed by atoms with Gasteiger partial charge in [-0.3, -0.25) is 4.40 Å². The normalized spacial score (nSPS) is 19.6. The lowest BCUT2D eigenvalue weighted by molar-refractivity contribution is 0.523. The maximum absolute atomic E-state index is 4.85. The third kappa shape index (κ3) is 1.63. The minimum absolute atomic E-state index is 0.664. The van der Waals surface area contributed by atoms with Crippen LogP contribution in [-0.2, 0) is 6.42 Å². The van der Waals surface area contributed by atoms with Crippen molar-refractivity contribution in [3.8, 4) is 0 Å². The second kappa shape index (κ2) is 4.13. The summed E-state index contributed by atoms with van der Waals surface area (Å²) in [5.41, 5.74) is 5.17. The van der Waals surface area contributed by atoms with Crippen molar-refractivity contribution in [1.29, 1.82) is 0 Å². The molecule has 0 spiro atoms. The number of halogens is 1. The van der Waals surface area contributed by atoms with Crippen LogP contribution in [0.2, 0.25) is 0 Å². The van der Waals surface area contributed by atoms with Crippen LogP contribution in [0.15, 0.2) is 16.6 Å². The number of imidazole rings is 1. The molecule has 2 aromatic heterocycles. The smallest absolute Gasteiger partial charge is 0.137 e. The Kier molecular flexibility index (Phi) is 2.74. The summed E-state index contributed by atoms with van der Waals surface area (Å²) in [6.07, 6.45) is 4.97. The molecule has 2 nitrogen and oxygen atoms in total. The largest absolute Gasteiger partial charge is 0.300 e. The van der Waals surface area contributed by atoms with Gasteiger partial charge in [0.15, 0.2) is 0 Å². The first-order chi connectivity index (χ1) is 8.22. The first-order valence-corrected chi connectivity index (χ1v) is 7.18. The van der Waals surface area contributed by atoms with Crippen LogP contribution in [0.5, 0.6) is 0 Å². The Morgan fingerprint density at radius 2 is 2.29 bits per heavy atom. The molecule has 3 rings (SSSR count). The zero-order valence-corrected chi connectivity index (χ0v) is 11.9. The van der Waals surface area contributed by atoms with E-state index in [1.807, 2.05) is 0 Å². The van der Waals surface area contributed by atoms with Crippen molar-refractivity contribution in [3.05, 3.63) is 33.7 Å². The first kappa shape index (κ1) is 11.3. The van der Waals surface area contributed by atoms with Gasteiger partial charge in [0, 0.05) is 21.8 Å². The fourth-order valence-corrected chi connectivity index (χ4v) is 3.28. The molecule has 1 atom stereocenters. The fraction of sp³-hybridized carbons (Fsp3) is 0.500. The van der Waals surface area contributed by atoms with E-state index in [-0.39, 0.29) is 0 Å². The number of pyridine rings is 1. The highest BCUT2D eigenvalue weighted by molar-refractivity contribution is 9.10. The van der Waals surface area contributed by atoms with Crippen LogP contribution in [0, 0.1) is 6.92 Å². The minimum atomic E-state index is 0.664. The van der Waals surface area contributed by atoms with Gasteiger partial charge >= 0.3 is 0 Å². The SMILES string of the molecule is CCC1CCCc2c1nc1ccc(Br)c(C)n21. The maximum atomic E-state index is 4.85. The van der Waals surface area contributed by atoms with Gasteiger partial charge in [-0.05, 0) is 60.7 Å². The Morgan fingerprint density at radius 3 is 3.06 bits per heavy atom. The molecule has 1 unspecified atom stereocenters. The van der Waals surface area contributed by atoms with E-state index in [1.165, 1.54) is 47.2 Å². The molecule has 0 fully saturated rings. The van der Waals surface area contributed by atoms with Gasteiger partial charge < -0.3 is 0 Å². The van der Waals surface area contributed by atoms with Crippen molar-refractivity contribution in [2.24, 2.45) is 0 Å². The molecule has 0 saturated carbocycles. The standard InChI is InChI=1S/C14H17BrN2/c1-3-10-5-4-6-12-14(10)16-13-8-7-11(15)9(2)17(12)13/h7-8,10H,3-6H2,1-2H3. The third-order valence-corrected chi connectivity index (χ3v) is 4.77. The van der Waals surface area contributed by atoms with Crippen LogP contribution in [0.1, 0.15) is 49.2 Å². The van der Waals surface area contributed by atoms with Crippen molar-refractivity contribution >= 4 is 21.6 Å². The quantitative estimate of drug-likeness (QED) is 0.769. The highest BCUT2D eigenvalue weighted by Gasteiger charge is 2.24. The predicted molar refractivity (Wildman–Crippen MR) is 73.6 cm³/mol. The Hall–Kier alpha value is -0.830. The van der Waals surface area contributed by atoms with Gasteiger partial charge in [0.05, 0.1) is 5.69 Å². The lowest BCUT2D eigenvalue weighted by atomic mass is 9.88. The van der Waals surface area contributed by atoms with Crippen molar-refractivity contribution in [2.75, 3.05) is 0 Å². The summed E-state index contributed by atoms with van der Waals surface area (Å²) in [7, 11) is 0. The van der Waals surface area contributed by atoms with E-state index in [0.717, 1.165) is 5.65 Å². The molecule has 2 heterocycles. The average molecular weight is 293 g/mol. The van der Waals surface area contributed by atoms with E-state index in [0.29, 0.717) is 5.92 Å². The summed E-state index contributed by atoms with van der Waals surface area (Å²) >= 11 is 3.61. The lowest BCUT2D eigenvalue weighted by Crippen LogP contribution is -2.10. The Labute approximate surface area is 110 Å². The van der Waals surface area contributed by atoms with Gasteiger partial charge in [-0.15, -0.1) is 0 Å². The molecule has 1 aliphatic rings. The molecule has 0 aliphatic heterocycles. The van der Waals surface area contributed by atoms with Crippen molar-refractivity contribution in [2.45, 2.75) is 45.4 Å². The number of fused-ring (bicyclic) bond motifs is 3. The topological polar surface area (TPSA) is 17.3 Å². The molecular weight excluding hydrogens is 276 g/mol. The highest BCUT2D eigenvalue weighted by Crippen LogP contribution is 2.35. The second-order valence-corrected chi connectivity index (χ2v) is 5.76. The zero-order chi connectivity index (χ0) is 12.0. The van der Waals surface area contributed by atoms with Gasteiger partial charge in [0.25, 0.3) is 0 Å². The zero-order valence-electron chi connectivity index (χ0n) is 10.3. The van der Waals surface area contributed by atoms with E-state index >= 15 is 0 Å². The fourth-order valence-electron chi connectivity index (χ4n) is 2.97. The van der Waals surface area contributed by atoms with Crippen LogP contribution in [-0.4, -0.2) is 9.38 Å². The monoisotopic (exact) mass is 292 g/mol. The third-order valence-electron chi connectivity index (χ3n) is 3.94. The molecule has 90 valence electrons. The predicted octanol–water partition coefficient (Wildman–Crippen LogP) is 4.24. The van der Waals surface area contributed by atoms with Gasteiger partial charge in [-0.1, -0.05) is 6.92 Å². The Morgan fingerprint density at radius 1 is 1.47 bits per heavy atom. The number of rotatable bonds is 1. The van der Waals surface area contributed by atoms with Gasteiger partial charge in [-0.25, -0.2) is 4.98 Å². The molecule has 0 amide bonds. The number of hydrogen-bond acceptors (Lipinski definition) is 1. The van der Waals surface area contributed by atoms with E-state index < -0.39 is 0 Å². The summed E-state index contributed by atoms with van der Waals surface area (Å²) in [5, 5.41) is 0. The summed E-state index contributed by atoms with van der Waals surface area (Å²) in [6.45, 7) is 4.43. The Bertz CT molecular complexity index is 571. The summed E-state index contributed by atoms with van der Waals surface area (Å²) in [5.74, 6) is 0.664. The van der Waals surface area contributed by atoms with Crippen molar-refractivity contribution in [1.82, 2.24) is 9.38 Å². The van der Waals surface area contributed by atoms with Gasteiger partial charge in [-0.2, -0.15) is 0 Å². The van der Waals surface area contributed by atoms with Crippen LogP contribution >= 0.6 is 15.9 Å². The number of aryl methyl sites for hydroxylation is 2. The van der Waals surface area contributed by atoms with E-state index in [9.17, 15) is 0 Å². The molecule has 3 heteroatoms.